The molecule has 0 unspecified atom stereocenters. The minimum atomic E-state index is -0.216. The van der Waals surface area contributed by atoms with Gasteiger partial charge in [-0.3, -0.25) is 14.2 Å². The van der Waals surface area contributed by atoms with Crippen LogP contribution in [-0.4, -0.2) is 38.8 Å². The molecule has 1 saturated carbocycles. The second-order valence-electron chi connectivity index (χ2n) is 6.32. The third-order valence-corrected chi connectivity index (χ3v) is 5.42. The lowest BCUT2D eigenvalue weighted by atomic mass is 10.1. The van der Waals surface area contributed by atoms with Crippen LogP contribution in [0.25, 0.3) is 0 Å². The van der Waals surface area contributed by atoms with Crippen molar-refractivity contribution in [1.29, 1.82) is 0 Å². The summed E-state index contributed by atoms with van der Waals surface area (Å²) in [4.78, 5) is 37.9. The van der Waals surface area contributed by atoms with Gasteiger partial charge in [-0.15, -0.1) is 5.10 Å². The fourth-order valence-corrected chi connectivity index (χ4v) is 3.94. The maximum atomic E-state index is 12.5. The monoisotopic (exact) mass is 358 g/mol. The third-order valence-electron chi connectivity index (χ3n) is 4.47. The highest BCUT2D eigenvalue weighted by atomic mass is 32.2. The van der Waals surface area contributed by atoms with E-state index in [4.69, 9.17) is 0 Å². The van der Waals surface area contributed by atoms with E-state index in [9.17, 15) is 14.4 Å². The number of aromatic nitrogens is 3. The van der Waals surface area contributed by atoms with Gasteiger partial charge in [0.25, 0.3) is 0 Å². The highest BCUT2D eigenvalue weighted by Crippen LogP contribution is 2.36. The van der Waals surface area contributed by atoms with Crippen LogP contribution >= 0.6 is 11.8 Å². The van der Waals surface area contributed by atoms with Crippen molar-refractivity contribution in [2.75, 3.05) is 17.2 Å². The zero-order chi connectivity index (χ0) is 17.4. The van der Waals surface area contributed by atoms with Crippen LogP contribution in [-0.2, 0) is 4.79 Å². The van der Waals surface area contributed by atoms with Gasteiger partial charge in [0.1, 0.15) is 0 Å². The van der Waals surface area contributed by atoms with E-state index in [1.54, 1.807) is 27.7 Å². The molecule has 1 aliphatic heterocycles. The fourth-order valence-electron chi connectivity index (χ4n) is 3.03. The largest absolute Gasteiger partial charge is 0.344 e. The number of nitrogens with zero attached hydrogens (tertiary/aromatic N) is 3. The van der Waals surface area contributed by atoms with Crippen molar-refractivity contribution in [2.24, 2.45) is 0 Å². The first-order chi connectivity index (χ1) is 12.1. The molecule has 0 radical (unpaired) electrons. The van der Waals surface area contributed by atoms with Crippen molar-refractivity contribution in [3.8, 4) is 0 Å². The van der Waals surface area contributed by atoms with Crippen molar-refractivity contribution >= 4 is 29.1 Å². The Labute approximate surface area is 148 Å². The molecule has 4 rings (SSSR count). The van der Waals surface area contributed by atoms with Gasteiger partial charge in [-0.2, -0.15) is 0 Å². The third kappa shape index (κ3) is 3.26. The van der Waals surface area contributed by atoms with Crippen LogP contribution in [0.1, 0.15) is 42.1 Å². The Morgan fingerprint density at radius 3 is 2.88 bits per heavy atom. The molecule has 0 atom stereocenters. The molecule has 1 N–H and O–H groups in total. The molecular weight excluding hydrogens is 340 g/mol. The average Bonchev–Trinajstić information content (AvgIpc) is 3.25. The zero-order valence-electron chi connectivity index (χ0n) is 13.6. The highest BCUT2D eigenvalue weighted by molar-refractivity contribution is 7.99. The number of rotatable bonds is 6. The molecule has 2 heterocycles. The van der Waals surface area contributed by atoms with Gasteiger partial charge in [-0.25, -0.2) is 9.89 Å². The number of thioether (sulfide) groups is 1. The summed E-state index contributed by atoms with van der Waals surface area (Å²) in [7, 11) is 0. The number of carbonyl (C=O) groups excluding carboxylic acids is 2. The lowest BCUT2D eigenvalue weighted by Gasteiger charge is -2.16. The summed E-state index contributed by atoms with van der Waals surface area (Å²) in [6, 6.07) is 7.39. The fraction of sp³-hybridized carbons (Fsp3) is 0.412. The van der Waals surface area contributed by atoms with Gasteiger partial charge in [-0.05, 0) is 31.4 Å². The van der Waals surface area contributed by atoms with Gasteiger partial charge < -0.3 is 4.90 Å². The van der Waals surface area contributed by atoms with Gasteiger partial charge in [0.2, 0.25) is 5.91 Å². The van der Waals surface area contributed by atoms with Crippen molar-refractivity contribution in [3.63, 3.8) is 0 Å². The first-order valence-electron chi connectivity index (χ1n) is 8.37. The van der Waals surface area contributed by atoms with E-state index in [0.717, 1.165) is 24.9 Å². The number of hydrogen-bond acceptors (Lipinski definition) is 5. The van der Waals surface area contributed by atoms with Gasteiger partial charge >= 0.3 is 5.69 Å². The van der Waals surface area contributed by atoms with Gasteiger partial charge in [0.15, 0.2) is 10.9 Å². The van der Waals surface area contributed by atoms with E-state index in [-0.39, 0.29) is 29.2 Å². The summed E-state index contributed by atoms with van der Waals surface area (Å²) in [6.07, 6.45) is 3.37. The average molecular weight is 358 g/mol. The molecule has 7 nitrogen and oxygen atoms in total. The van der Waals surface area contributed by atoms with E-state index in [2.05, 4.69) is 10.2 Å². The number of aromatic amines is 1. The van der Waals surface area contributed by atoms with Crippen molar-refractivity contribution in [1.82, 2.24) is 14.8 Å². The quantitative estimate of drug-likeness (QED) is 0.630. The van der Waals surface area contributed by atoms with Crippen molar-refractivity contribution in [2.45, 2.75) is 36.9 Å². The maximum absolute atomic E-state index is 12.5. The normalized spacial score (nSPS) is 17.3. The molecule has 25 heavy (non-hydrogen) atoms. The summed E-state index contributed by atoms with van der Waals surface area (Å²) >= 11 is 1.27. The summed E-state index contributed by atoms with van der Waals surface area (Å²) < 4.78 is 1.64. The van der Waals surface area contributed by atoms with Crippen LogP contribution in [0.4, 0.5) is 5.69 Å². The van der Waals surface area contributed by atoms with Crippen LogP contribution in [0.15, 0.2) is 34.2 Å². The predicted octanol–water partition coefficient (Wildman–Crippen LogP) is 2.01. The first kappa shape index (κ1) is 16.1. The van der Waals surface area contributed by atoms with E-state index in [1.165, 1.54) is 11.8 Å². The van der Waals surface area contributed by atoms with E-state index >= 15 is 0 Å². The molecule has 2 aliphatic rings. The number of carbonyl (C=O) groups is 2. The second-order valence-corrected chi connectivity index (χ2v) is 7.27. The number of benzene rings is 1. The Hall–Kier alpha value is -2.35. The predicted molar refractivity (Wildman–Crippen MR) is 94.2 cm³/mol. The van der Waals surface area contributed by atoms with Crippen molar-refractivity contribution < 1.29 is 9.59 Å². The molecule has 1 aliphatic carbocycles. The molecule has 1 aromatic heterocycles. The molecule has 1 aromatic carbocycles. The van der Waals surface area contributed by atoms with Crippen LogP contribution in [0.5, 0.6) is 0 Å². The van der Waals surface area contributed by atoms with Crippen LogP contribution in [0.3, 0.4) is 0 Å². The summed E-state index contributed by atoms with van der Waals surface area (Å²) in [5.41, 5.74) is 1.13. The minimum Gasteiger partial charge on any atom is -0.312 e. The lowest BCUT2D eigenvalue weighted by Crippen LogP contribution is -2.23. The van der Waals surface area contributed by atoms with Crippen LogP contribution in [0.2, 0.25) is 0 Å². The summed E-state index contributed by atoms with van der Waals surface area (Å²) in [5.74, 6) is 0.259. The topological polar surface area (TPSA) is 88.1 Å². The number of H-pyrrole nitrogens is 1. The lowest BCUT2D eigenvalue weighted by molar-refractivity contribution is -0.117. The molecular formula is C17H18N4O3S. The summed E-state index contributed by atoms with van der Waals surface area (Å²) in [5, 5.41) is 7.03. The number of nitrogens with one attached hydrogen (secondary N) is 1. The summed E-state index contributed by atoms with van der Waals surface area (Å²) in [6.45, 7) is 0.701. The Morgan fingerprint density at radius 2 is 2.16 bits per heavy atom. The van der Waals surface area contributed by atoms with E-state index in [0.29, 0.717) is 23.7 Å². The van der Waals surface area contributed by atoms with E-state index in [1.807, 2.05) is 6.07 Å². The first-order valence-corrected chi connectivity index (χ1v) is 9.35. The highest BCUT2D eigenvalue weighted by Gasteiger charge is 2.29. The number of hydrogen-bond donors (Lipinski definition) is 1. The second kappa shape index (κ2) is 6.51. The minimum absolute atomic E-state index is 0.0451. The Balaban J connectivity index is 1.46. The Morgan fingerprint density at radius 1 is 1.32 bits per heavy atom. The Kier molecular flexibility index (Phi) is 4.20. The number of Topliss-reactive ketones (excluding diaryl/α,β-unsaturated/α-hetero) is 1. The molecule has 8 heteroatoms. The number of ketones is 1. The Bertz CT molecular complexity index is 884. The number of anilines is 1. The molecule has 1 amide bonds. The molecule has 2 aromatic rings. The van der Waals surface area contributed by atoms with Gasteiger partial charge in [0.05, 0.1) is 5.75 Å². The van der Waals surface area contributed by atoms with Gasteiger partial charge in [-0.1, -0.05) is 23.9 Å². The number of amides is 1. The smallest absolute Gasteiger partial charge is 0.312 e. The molecule has 2 fully saturated rings. The van der Waals surface area contributed by atoms with Crippen molar-refractivity contribution in [3.05, 3.63) is 40.3 Å². The molecule has 130 valence electrons. The van der Waals surface area contributed by atoms with Gasteiger partial charge in [0, 0.05) is 30.3 Å². The van der Waals surface area contributed by atoms with Crippen LogP contribution < -0.4 is 10.6 Å². The van der Waals surface area contributed by atoms with Crippen LogP contribution in [0, 0.1) is 0 Å². The van der Waals surface area contributed by atoms with E-state index < -0.39 is 0 Å². The standard InChI is InChI=1S/C17H18N4O3S/c22-14(10-25-17-19-18-16(24)21(17)12-6-7-12)11-3-1-4-13(9-11)20-8-2-5-15(20)23/h1,3-4,9,12H,2,5-8,10H2,(H,18,24). The molecule has 0 bridgehead atoms. The molecule has 0 spiro atoms. The SMILES string of the molecule is O=C(CSc1n[nH]c(=O)n1C1CC1)c1cccc(N2CCCC2=O)c1. The zero-order valence-corrected chi connectivity index (χ0v) is 14.4. The molecule has 1 saturated heterocycles. The maximum Gasteiger partial charge on any atom is 0.344 e.